The van der Waals surface area contributed by atoms with Gasteiger partial charge in [-0.05, 0) is 6.42 Å². The maximum atomic E-state index is 12.4. The molecule has 0 bridgehead atoms. The summed E-state index contributed by atoms with van der Waals surface area (Å²) in [4.78, 5) is 11.9. The first-order valence-electron chi connectivity index (χ1n) is 4.03. The molecule has 0 heterocycles. The highest BCUT2D eigenvalue weighted by Crippen LogP contribution is 2.14. The fraction of sp³-hybridized carbons (Fsp3) is 0.875. The van der Waals surface area contributed by atoms with Crippen LogP contribution in [-0.4, -0.2) is 30.3 Å². The lowest BCUT2D eigenvalue weighted by atomic mass is 10.3. The summed E-state index contributed by atoms with van der Waals surface area (Å²) in [5.41, 5.74) is 0. The number of hydrogen-bond acceptors (Lipinski definition) is 1. The predicted molar refractivity (Wildman–Crippen MR) is 43.2 cm³/mol. The Bertz CT molecular complexity index is 154. The van der Waals surface area contributed by atoms with E-state index in [4.69, 9.17) is 0 Å². The minimum Gasteiger partial charge on any atom is -0.341 e. The van der Waals surface area contributed by atoms with Crippen molar-refractivity contribution >= 4 is 5.91 Å². The Morgan fingerprint density at radius 3 is 2.33 bits per heavy atom. The lowest BCUT2D eigenvalue weighted by Gasteiger charge is -2.20. The van der Waals surface area contributed by atoms with Gasteiger partial charge in [-0.1, -0.05) is 13.3 Å². The van der Waals surface area contributed by atoms with Crippen molar-refractivity contribution in [3.63, 3.8) is 0 Å². The van der Waals surface area contributed by atoms with Gasteiger partial charge in [0, 0.05) is 20.5 Å². The number of rotatable bonds is 4. The van der Waals surface area contributed by atoms with Crippen molar-refractivity contribution in [1.29, 1.82) is 0 Å². The van der Waals surface area contributed by atoms with E-state index in [9.17, 15) is 13.6 Å². The van der Waals surface area contributed by atoms with Gasteiger partial charge < -0.3 is 4.90 Å². The number of hydrogen-bond donors (Lipinski definition) is 0. The van der Waals surface area contributed by atoms with Crippen LogP contribution in [0.3, 0.4) is 0 Å². The molecule has 0 unspecified atom stereocenters. The Kier molecular flexibility index (Phi) is 4.13. The van der Waals surface area contributed by atoms with Gasteiger partial charge in [0.05, 0.1) is 0 Å². The van der Waals surface area contributed by atoms with Crippen LogP contribution in [0.25, 0.3) is 0 Å². The number of unbranched alkanes of at least 4 members (excludes halogenated alkanes) is 1. The average molecular weight is 179 g/mol. The van der Waals surface area contributed by atoms with Gasteiger partial charge in [0.25, 0.3) is 5.91 Å². The molecule has 0 aliphatic rings. The molecular weight excluding hydrogens is 164 g/mol. The molecule has 0 radical (unpaired) electrons. The standard InChI is InChI=1S/C8H15F2NO/c1-4-5-6-11(3)7(12)8(2,9)10/h4-6H2,1-3H3. The van der Waals surface area contributed by atoms with E-state index in [0.717, 1.165) is 17.7 Å². The fourth-order valence-corrected chi connectivity index (χ4v) is 0.832. The zero-order valence-corrected chi connectivity index (χ0v) is 7.73. The lowest BCUT2D eigenvalue weighted by Crippen LogP contribution is -2.39. The first-order chi connectivity index (χ1) is 5.39. The number of halogens is 2. The zero-order valence-electron chi connectivity index (χ0n) is 7.73. The molecule has 0 rings (SSSR count). The number of carbonyl (C=O) groups is 1. The van der Waals surface area contributed by atoms with Crippen molar-refractivity contribution in [1.82, 2.24) is 4.90 Å². The smallest absolute Gasteiger partial charge is 0.322 e. The summed E-state index contributed by atoms with van der Waals surface area (Å²) in [5.74, 6) is -4.33. The van der Waals surface area contributed by atoms with Crippen molar-refractivity contribution in [3.05, 3.63) is 0 Å². The van der Waals surface area contributed by atoms with Crippen molar-refractivity contribution in [2.24, 2.45) is 0 Å². The summed E-state index contributed by atoms with van der Waals surface area (Å²) < 4.78 is 24.8. The molecule has 0 saturated heterocycles. The molecule has 0 atom stereocenters. The van der Waals surface area contributed by atoms with Gasteiger partial charge in [0.2, 0.25) is 0 Å². The second-order valence-corrected chi connectivity index (χ2v) is 2.97. The van der Waals surface area contributed by atoms with Crippen LogP contribution in [0.1, 0.15) is 26.7 Å². The lowest BCUT2D eigenvalue weighted by molar-refractivity contribution is -0.153. The van der Waals surface area contributed by atoms with Gasteiger partial charge in [-0.2, -0.15) is 8.78 Å². The van der Waals surface area contributed by atoms with Crippen LogP contribution in [0.15, 0.2) is 0 Å². The molecule has 0 spiro atoms. The second-order valence-electron chi connectivity index (χ2n) is 2.97. The maximum Gasteiger partial charge on any atom is 0.322 e. The Morgan fingerprint density at radius 2 is 2.00 bits per heavy atom. The Labute approximate surface area is 71.5 Å². The predicted octanol–water partition coefficient (Wildman–Crippen LogP) is 1.90. The van der Waals surface area contributed by atoms with E-state index in [1.165, 1.54) is 7.05 Å². The van der Waals surface area contributed by atoms with Gasteiger partial charge in [-0.15, -0.1) is 0 Å². The number of carbonyl (C=O) groups excluding carboxylic acids is 1. The molecule has 12 heavy (non-hydrogen) atoms. The van der Waals surface area contributed by atoms with Crippen LogP contribution in [0.5, 0.6) is 0 Å². The average Bonchev–Trinajstić information content (AvgIpc) is 1.97. The third-order valence-electron chi connectivity index (χ3n) is 1.57. The third-order valence-corrected chi connectivity index (χ3v) is 1.57. The van der Waals surface area contributed by atoms with Crippen LogP contribution in [0, 0.1) is 0 Å². The molecule has 2 nitrogen and oxygen atoms in total. The Hall–Kier alpha value is -0.670. The number of amides is 1. The number of nitrogens with zero attached hydrogens (tertiary/aromatic N) is 1. The molecule has 1 amide bonds. The highest BCUT2D eigenvalue weighted by atomic mass is 19.3. The van der Waals surface area contributed by atoms with Gasteiger partial charge in [0.15, 0.2) is 0 Å². The van der Waals surface area contributed by atoms with Gasteiger partial charge >= 0.3 is 5.92 Å². The molecule has 0 aliphatic carbocycles. The largest absolute Gasteiger partial charge is 0.341 e. The van der Waals surface area contributed by atoms with Gasteiger partial charge in [-0.3, -0.25) is 4.79 Å². The molecule has 0 saturated carbocycles. The van der Waals surface area contributed by atoms with E-state index in [2.05, 4.69) is 0 Å². The Morgan fingerprint density at radius 1 is 1.50 bits per heavy atom. The normalized spacial score (nSPS) is 11.4. The molecule has 0 aromatic carbocycles. The number of alkyl halides is 2. The van der Waals surface area contributed by atoms with Crippen molar-refractivity contribution < 1.29 is 13.6 Å². The summed E-state index contributed by atoms with van der Waals surface area (Å²) in [5, 5.41) is 0. The first-order valence-corrected chi connectivity index (χ1v) is 4.03. The summed E-state index contributed by atoms with van der Waals surface area (Å²) in [6.07, 6.45) is 1.66. The van der Waals surface area contributed by atoms with E-state index in [1.54, 1.807) is 0 Å². The van der Waals surface area contributed by atoms with Crippen LogP contribution in [0.2, 0.25) is 0 Å². The third kappa shape index (κ3) is 3.64. The minimum absolute atomic E-state index is 0.402. The molecule has 4 heteroatoms. The monoisotopic (exact) mass is 179 g/mol. The van der Waals surface area contributed by atoms with E-state index in [1.807, 2.05) is 6.92 Å². The molecule has 72 valence electrons. The SMILES string of the molecule is CCCCN(C)C(=O)C(C)(F)F. The quantitative estimate of drug-likeness (QED) is 0.645. The summed E-state index contributed by atoms with van der Waals surface area (Å²) in [6.45, 7) is 2.97. The van der Waals surface area contributed by atoms with Crippen LogP contribution < -0.4 is 0 Å². The fourth-order valence-electron chi connectivity index (χ4n) is 0.832. The second kappa shape index (κ2) is 4.38. The molecule has 0 fully saturated rings. The van der Waals surface area contributed by atoms with E-state index in [-0.39, 0.29) is 0 Å². The Balaban J connectivity index is 3.94. The van der Waals surface area contributed by atoms with Crippen molar-refractivity contribution in [2.45, 2.75) is 32.6 Å². The van der Waals surface area contributed by atoms with E-state index < -0.39 is 11.8 Å². The first kappa shape index (κ1) is 11.3. The minimum atomic E-state index is -3.23. The topological polar surface area (TPSA) is 20.3 Å². The maximum absolute atomic E-state index is 12.4. The summed E-state index contributed by atoms with van der Waals surface area (Å²) in [6, 6.07) is 0. The van der Waals surface area contributed by atoms with Crippen LogP contribution in [-0.2, 0) is 4.79 Å². The van der Waals surface area contributed by atoms with Gasteiger partial charge in [-0.25, -0.2) is 0 Å². The summed E-state index contributed by atoms with van der Waals surface area (Å²) >= 11 is 0. The highest BCUT2D eigenvalue weighted by molar-refractivity contribution is 5.82. The molecule has 0 aromatic rings. The molecule has 0 N–H and O–H groups in total. The zero-order chi connectivity index (χ0) is 9.78. The van der Waals surface area contributed by atoms with Crippen LogP contribution >= 0.6 is 0 Å². The molecule has 0 aromatic heterocycles. The molecular formula is C8H15F2NO. The van der Waals surface area contributed by atoms with E-state index in [0.29, 0.717) is 13.5 Å². The van der Waals surface area contributed by atoms with E-state index >= 15 is 0 Å². The van der Waals surface area contributed by atoms with Crippen LogP contribution in [0.4, 0.5) is 8.78 Å². The van der Waals surface area contributed by atoms with Crippen molar-refractivity contribution in [3.8, 4) is 0 Å². The summed E-state index contributed by atoms with van der Waals surface area (Å²) in [7, 11) is 1.40. The highest BCUT2D eigenvalue weighted by Gasteiger charge is 2.34. The molecule has 0 aliphatic heterocycles. The van der Waals surface area contributed by atoms with Crippen molar-refractivity contribution in [2.75, 3.05) is 13.6 Å². The van der Waals surface area contributed by atoms with Gasteiger partial charge in [0.1, 0.15) is 0 Å².